The van der Waals surface area contributed by atoms with Gasteiger partial charge in [-0.05, 0) is 50.3 Å². The summed E-state index contributed by atoms with van der Waals surface area (Å²) >= 11 is 5.88. The van der Waals surface area contributed by atoms with Crippen molar-refractivity contribution in [1.82, 2.24) is 21.3 Å². The van der Waals surface area contributed by atoms with Crippen LogP contribution in [0.3, 0.4) is 0 Å². The summed E-state index contributed by atoms with van der Waals surface area (Å²) < 4.78 is 15.9. The van der Waals surface area contributed by atoms with Crippen LogP contribution in [0.2, 0.25) is 0 Å². The molecule has 14 heteroatoms. The molecule has 13 nitrogen and oxygen atoms in total. The Labute approximate surface area is 302 Å². The molecule has 0 saturated heterocycles. The van der Waals surface area contributed by atoms with E-state index in [-0.39, 0.29) is 50.9 Å². The lowest BCUT2D eigenvalue weighted by atomic mass is 10.0. The van der Waals surface area contributed by atoms with Crippen molar-refractivity contribution in [2.45, 2.75) is 70.9 Å². The van der Waals surface area contributed by atoms with E-state index in [2.05, 4.69) is 26.3 Å². The Bertz CT molecular complexity index is 1540. The average Bonchev–Trinajstić information content (AvgIpc) is 3.11. The van der Waals surface area contributed by atoms with Crippen LogP contribution in [0.1, 0.15) is 50.3 Å². The predicted molar refractivity (Wildman–Crippen MR) is 192 cm³/mol. The van der Waals surface area contributed by atoms with Crippen LogP contribution in [0.15, 0.2) is 96.0 Å². The molecule has 0 radical (unpaired) electrons. The van der Waals surface area contributed by atoms with Gasteiger partial charge in [0.2, 0.25) is 11.9 Å². The fraction of sp³-hybridized carbons (Fsp3) is 0.351. The van der Waals surface area contributed by atoms with E-state index in [1.807, 2.05) is 42.5 Å². The molecule has 0 bridgehead atoms. The number of carbonyl (C=O) groups is 5. The molecule has 0 saturated carbocycles. The fourth-order valence-corrected chi connectivity index (χ4v) is 4.68. The van der Waals surface area contributed by atoms with Crippen LogP contribution < -0.4 is 21.3 Å². The molecule has 272 valence electrons. The number of amides is 4. The summed E-state index contributed by atoms with van der Waals surface area (Å²) in [4.78, 5) is 68.3. The molecule has 0 aromatic heterocycles. The molecular formula is C37H44ClN5O8. The van der Waals surface area contributed by atoms with E-state index < -0.39 is 47.7 Å². The molecule has 3 aromatic rings. The normalized spacial score (nSPS) is 11.9. The lowest BCUT2D eigenvalue weighted by molar-refractivity contribution is -0.128. The quantitative estimate of drug-likeness (QED) is 0.0531. The number of nitrogens with one attached hydrogen (secondary N) is 4. The summed E-state index contributed by atoms with van der Waals surface area (Å²) in [5, 5.41) is 10.1. The Hall–Kier alpha value is -5.43. The van der Waals surface area contributed by atoms with Crippen molar-refractivity contribution in [3.8, 4) is 0 Å². The van der Waals surface area contributed by atoms with Gasteiger partial charge in [0.15, 0.2) is 5.78 Å². The van der Waals surface area contributed by atoms with E-state index in [1.54, 1.807) is 69.3 Å². The summed E-state index contributed by atoms with van der Waals surface area (Å²) in [6.07, 6.45) is -2.06. The highest BCUT2D eigenvalue weighted by Gasteiger charge is 2.28. The Morgan fingerprint density at radius 2 is 1.18 bits per heavy atom. The summed E-state index contributed by atoms with van der Waals surface area (Å²) in [5.41, 5.74) is 1.49. The predicted octanol–water partition coefficient (Wildman–Crippen LogP) is 5.40. The number of halogens is 1. The summed E-state index contributed by atoms with van der Waals surface area (Å²) in [7, 11) is 0. The van der Waals surface area contributed by atoms with Gasteiger partial charge in [0, 0.05) is 13.0 Å². The number of benzene rings is 3. The van der Waals surface area contributed by atoms with Crippen molar-refractivity contribution in [2.24, 2.45) is 4.99 Å². The van der Waals surface area contributed by atoms with Gasteiger partial charge in [-0.1, -0.05) is 91.0 Å². The van der Waals surface area contributed by atoms with Crippen molar-refractivity contribution in [2.75, 3.05) is 12.4 Å². The maximum absolute atomic E-state index is 13.5. The number of Topliss-reactive ketones (excluding diaryl/α,β-unsaturated/α-hetero) is 1. The molecule has 0 spiro atoms. The number of aliphatic imine (C=N–C) groups is 1. The third-order valence-corrected chi connectivity index (χ3v) is 7.18. The number of alkyl carbamates (subject to hydrolysis) is 3. The molecular weight excluding hydrogens is 678 g/mol. The minimum Gasteiger partial charge on any atom is -0.444 e. The Morgan fingerprint density at radius 1 is 0.686 bits per heavy atom. The van der Waals surface area contributed by atoms with E-state index >= 15 is 0 Å². The molecule has 0 heterocycles. The lowest BCUT2D eigenvalue weighted by Gasteiger charge is -2.25. The molecule has 3 rings (SSSR count). The first-order valence-electron chi connectivity index (χ1n) is 16.3. The molecule has 2 atom stereocenters. The third-order valence-electron chi connectivity index (χ3n) is 6.91. The van der Waals surface area contributed by atoms with Crippen LogP contribution in [0.25, 0.3) is 0 Å². The van der Waals surface area contributed by atoms with Crippen molar-refractivity contribution in [1.29, 1.82) is 0 Å². The van der Waals surface area contributed by atoms with Crippen molar-refractivity contribution in [3.05, 3.63) is 108 Å². The van der Waals surface area contributed by atoms with Gasteiger partial charge in [-0.3, -0.25) is 25.2 Å². The first kappa shape index (κ1) is 40.0. The maximum atomic E-state index is 13.5. The lowest BCUT2D eigenvalue weighted by Crippen LogP contribution is -2.53. The first-order chi connectivity index (χ1) is 24.4. The molecule has 0 aliphatic heterocycles. The Kier molecular flexibility index (Phi) is 16.4. The van der Waals surface area contributed by atoms with Gasteiger partial charge in [-0.25, -0.2) is 14.4 Å². The van der Waals surface area contributed by atoms with Crippen LogP contribution in [-0.4, -0.2) is 66.0 Å². The highest BCUT2D eigenvalue weighted by molar-refractivity contribution is 6.28. The minimum atomic E-state index is -1.06. The van der Waals surface area contributed by atoms with Crippen molar-refractivity contribution in [3.63, 3.8) is 0 Å². The number of nitrogens with zero attached hydrogens (tertiary/aromatic N) is 1. The smallest absolute Gasteiger partial charge is 0.414 e. The van der Waals surface area contributed by atoms with Gasteiger partial charge in [0.1, 0.15) is 24.9 Å². The van der Waals surface area contributed by atoms with Gasteiger partial charge in [0.05, 0.1) is 11.9 Å². The monoisotopic (exact) mass is 721 g/mol. The number of guanidine groups is 1. The summed E-state index contributed by atoms with van der Waals surface area (Å²) in [5.74, 6) is -1.66. The SMILES string of the molecule is CC(C)(C)OC(=O)N[C@@H](Cc1ccccc1)C(=O)N[C@@H](CCCN=C(NC(=O)OCc1ccccc1)NC(=O)OCc1ccccc1)C(=O)CCl. The minimum absolute atomic E-state index is 0.0127. The Balaban J connectivity index is 1.66. The van der Waals surface area contributed by atoms with E-state index in [0.717, 1.165) is 16.7 Å². The zero-order valence-electron chi connectivity index (χ0n) is 28.9. The number of rotatable bonds is 15. The van der Waals surface area contributed by atoms with Crippen molar-refractivity contribution >= 4 is 47.5 Å². The molecule has 0 aliphatic carbocycles. The number of alkyl halides is 1. The van der Waals surface area contributed by atoms with E-state index in [4.69, 9.17) is 25.8 Å². The maximum Gasteiger partial charge on any atom is 0.414 e. The van der Waals surface area contributed by atoms with Crippen LogP contribution >= 0.6 is 11.6 Å². The van der Waals surface area contributed by atoms with Gasteiger partial charge >= 0.3 is 18.3 Å². The molecule has 0 unspecified atom stereocenters. The largest absolute Gasteiger partial charge is 0.444 e. The second-order valence-electron chi connectivity index (χ2n) is 12.3. The van der Waals surface area contributed by atoms with Crippen LogP contribution in [0, 0.1) is 0 Å². The molecule has 4 N–H and O–H groups in total. The highest BCUT2D eigenvalue weighted by Crippen LogP contribution is 2.10. The highest BCUT2D eigenvalue weighted by atomic mass is 35.5. The molecule has 51 heavy (non-hydrogen) atoms. The summed E-state index contributed by atoms with van der Waals surface area (Å²) in [6, 6.07) is 25.0. The van der Waals surface area contributed by atoms with Crippen LogP contribution in [0.4, 0.5) is 14.4 Å². The molecule has 4 amide bonds. The number of ether oxygens (including phenoxy) is 3. The number of carbonyl (C=O) groups excluding carboxylic acids is 5. The molecule has 0 fully saturated rings. The fourth-order valence-electron chi connectivity index (χ4n) is 4.50. The summed E-state index contributed by atoms with van der Waals surface area (Å²) in [6.45, 7) is 5.08. The van der Waals surface area contributed by atoms with Crippen LogP contribution in [0.5, 0.6) is 0 Å². The number of ketones is 1. The second kappa shape index (κ2) is 20.9. The zero-order chi connectivity index (χ0) is 37.1. The first-order valence-corrected chi connectivity index (χ1v) is 16.9. The standard InChI is InChI=1S/C37H44ClN5O8/c1-37(2,3)51-36(48)41-30(22-26-14-7-4-8-15-26)32(45)40-29(31(44)23-38)20-13-21-39-33(42-34(46)49-24-27-16-9-5-10-17-27)43-35(47)50-25-28-18-11-6-12-19-28/h4-12,14-19,29-30H,13,20-25H2,1-3H3,(H,40,45)(H,41,48)(H2,39,42,43,46,47)/t29-,30-/m0/s1. The Morgan fingerprint density at radius 3 is 1.65 bits per heavy atom. The van der Waals surface area contributed by atoms with Gasteiger partial charge in [-0.2, -0.15) is 0 Å². The average molecular weight is 722 g/mol. The molecule has 3 aromatic carbocycles. The van der Waals surface area contributed by atoms with E-state index in [0.29, 0.717) is 0 Å². The van der Waals surface area contributed by atoms with Gasteiger partial charge < -0.3 is 24.8 Å². The van der Waals surface area contributed by atoms with E-state index in [9.17, 15) is 24.0 Å². The second-order valence-corrected chi connectivity index (χ2v) is 12.6. The third kappa shape index (κ3) is 16.2. The van der Waals surface area contributed by atoms with Gasteiger partial charge in [-0.15, -0.1) is 11.6 Å². The van der Waals surface area contributed by atoms with Gasteiger partial charge in [0.25, 0.3) is 0 Å². The van der Waals surface area contributed by atoms with E-state index in [1.165, 1.54) is 0 Å². The number of hydrogen-bond donors (Lipinski definition) is 4. The topological polar surface area (TPSA) is 174 Å². The van der Waals surface area contributed by atoms with Crippen molar-refractivity contribution < 1.29 is 38.2 Å². The van der Waals surface area contributed by atoms with Crippen LogP contribution in [-0.2, 0) is 43.4 Å². The zero-order valence-corrected chi connectivity index (χ0v) is 29.6. The number of hydrogen-bond acceptors (Lipinski definition) is 9. The molecule has 0 aliphatic rings.